The number of hydrogen-bond donors (Lipinski definition) is 0. The summed E-state index contributed by atoms with van der Waals surface area (Å²) in [4.78, 5) is 14.2. The number of carbonyl (C=O) groups is 1. The first-order valence-corrected chi connectivity index (χ1v) is 8.44. The van der Waals surface area contributed by atoms with Crippen LogP contribution in [0.15, 0.2) is 59.0 Å². The van der Waals surface area contributed by atoms with E-state index in [0.717, 1.165) is 24.2 Å². The minimum Gasteiger partial charge on any atom is -0.421 e. The molecule has 1 saturated heterocycles. The van der Waals surface area contributed by atoms with Gasteiger partial charge in [0.1, 0.15) is 0 Å². The van der Waals surface area contributed by atoms with Crippen molar-refractivity contribution in [1.29, 1.82) is 0 Å². The van der Waals surface area contributed by atoms with E-state index in [0.29, 0.717) is 24.1 Å². The molecule has 1 atom stereocenters. The quantitative estimate of drug-likeness (QED) is 0.731. The van der Waals surface area contributed by atoms with Gasteiger partial charge >= 0.3 is 0 Å². The third-order valence-electron chi connectivity index (χ3n) is 4.52. The second-order valence-corrected chi connectivity index (χ2v) is 6.44. The number of hydrogen-bond acceptors (Lipinski definition) is 4. The van der Waals surface area contributed by atoms with Crippen LogP contribution in [-0.2, 0) is 11.2 Å². The first-order chi connectivity index (χ1) is 12.2. The number of para-hydroxylation sites is 1. The molecule has 126 valence electrons. The van der Waals surface area contributed by atoms with Gasteiger partial charge in [-0.15, -0.1) is 10.2 Å². The van der Waals surface area contributed by atoms with Crippen molar-refractivity contribution < 1.29 is 9.21 Å². The molecule has 1 unspecified atom stereocenters. The molecule has 1 aliphatic rings. The molecule has 0 bridgehead atoms. The number of rotatable bonds is 4. The van der Waals surface area contributed by atoms with Crippen LogP contribution in [0.2, 0.25) is 0 Å². The van der Waals surface area contributed by atoms with E-state index >= 15 is 0 Å². The van der Waals surface area contributed by atoms with Crippen LogP contribution in [-0.4, -0.2) is 22.6 Å². The first kappa shape index (κ1) is 15.6. The Hall–Kier alpha value is -2.95. The highest BCUT2D eigenvalue weighted by Crippen LogP contribution is 2.27. The molecular weight excluding hydrogens is 314 g/mol. The van der Waals surface area contributed by atoms with Gasteiger partial charge in [0, 0.05) is 31.1 Å². The average Bonchev–Trinajstić information content (AvgIpc) is 3.22. The number of aromatic nitrogens is 2. The highest BCUT2D eigenvalue weighted by molar-refractivity contribution is 5.95. The molecular formula is C20H19N3O2. The Morgan fingerprint density at radius 3 is 2.52 bits per heavy atom. The van der Waals surface area contributed by atoms with E-state index in [-0.39, 0.29) is 5.91 Å². The summed E-state index contributed by atoms with van der Waals surface area (Å²) in [6.07, 6.45) is 1.48. The first-order valence-electron chi connectivity index (χ1n) is 8.44. The number of nitrogens with zero attached hydrogens (tertiary/aromatic N) is 3. The molecule has 5 heteroatoms. The lowest BCUT2D eigenvalue weighted by Crippen LogP contribution is -2.24. The van der Waals surface area contributed by atoms with Crippen molar-refractivity contribution in [2.45, 2.75) is 19.8 Å². The molecule has 1 amide bonds. The number of aryl methyl sites for hydroxylation is 1. The largest absolute Gasteiger partial charge is 0.421 e. The molecule has 0 spiro atoms. The number of benzene rings is 2. The van der Waals surface area contributed by atoms with E-state index in [1.165, 1.54) is 5.56 Å². The fourth-order valence-electron chi connectivity index (χ4n) is 3.31. The molecule has 0 N–H and O–H groups in total. The Labute approximate surface area is 146 Å². The Kier molecular flexibility index (Phi) is 4.06. The molecule has 2 aromatic carbocycles. The Morgan fingerprint density at radius 1 is 1.08 bits per heavy atom. The van der Waals surface area contributed by atoms with Crippen LogP contribution >= 0.6 is 0 Å². The van der Waals surface area contributed by atoms with Crippen LogP contribution in [0.3, 0.4) is 0 Å². The zero-order valence-corrected chi connectivity index (χ0v) is 14.1. The van der Waals surface area contributed by atoms with Gasteiger partial charge in [0.25, 0.3) is 0 Å². The lowest BCUT2D eigenvalue weighted by atomic mass is 9.98. The topological polar surface area (TPSA) is 59.2 Å². The van der Waals surface area contributed by atoms with Crippen molar-refractivity contribution in [3.05, 3.63) is 66.1 Å². The van der Waals surface area contributed by atoms with Crippen molar-refractivity contribution in [3.63, 3.8) is 0 Å². The minimum atomic E-state index is 0.203. The van der Waals surface area contributed by atoms with Gasteiger partial charge < -0.3 is 9.32 Å². The van der Waals surface area contributed by atoms with E-state index in [2.05, 4.69) is 22.3 Å². The fraction of sp³-hybridized carbons (Fsp3) is 0.250. The molecule has 1 fully saturated rings. The molecule has 1 aromatic heterocycles. The van der Waals surface area contributed by atoms with Crippen molar-refractivity contribution in [1.82, 2.24) is 10.2 Å². The Morgan fingerprint density at radius 2 is 1.84 bits per heavy atom. The summed E-state index contributed by atoms with van der Waals surface area (Å²) in [6.45, 7) is 2.55. The van der Waals surface area contributed by atoms with Gasteiger partial charge in [0.05, 0.1) is 0 Å². The van der Waals surface area contributed by atoms with Crippen LogP contribution in [0.25, 0.3) is 11.5 Å². The summed E-state index contributed by atoms with van der Waals surface area (Å²) >= 11 is 0. The van der Waals surface area contributed by atoms with Crippen molar-refractivity contribution in [3.8, 4) is 11.5 Å². The van der Waals surface area contributed by atoms with Gasteiger partial charge in [-0.05, 0) is 42.2 Å². The normalized spacial score (nSPS) is 17.2. The Balaban J connectivity index is 1.43. The summed E-state index contributed by atoms with van der Waals surface area (Å²) in [7, 11) is 0. The highest BCUT2D eigenvalue weighted by Gasteiger charge is 2.30. The number of anilines is 1. The van der Waals surface area contributed by atoms with E-state index in [9.17, 15) is 4.79 Å². The summed E-state index contributed by atoms with van der Waals surface area (Å²) in [5, 5.41) is 7.89. The van der Waals surface area contributed by atoms with Crippen LogP contribution in [0.5, 0.6) is 0 Å². The predicted molar refractivity (Wildman–Crippen MR) is 95.1 cm³/mol. The zero-order chi connectivity index (χ0) is 17.2. The highest BCUT2D eigenvalue weighted by atomic mass is 16.4. The summed E-state index contributed by atoms with van der Waals surface area (Å²) in [5.41, 5.74) is 3.11. The van der Waals surface area contributed by atoms with Crippen LogP contribution in [0.4, 0.5) is 5.69 Å². The number of carbonyl (C=O) groups excluding carboxylic acids is 1. The third kappa shape index (κ3) is 3.31. The average molecular weight is 333 g/mol. The monoisotopic (exact) mass is 333 g/mol. The van der Waals surface area contributed by atoms with Crippen LogP contribution in [0, 0.1) is 12.8 Å². The molecule has 25 heavy (non-hydrogen) atoms. The van der Waals surface area contributed by atoms with Crippen molar-refractivity contribution in [2.75, 3.05) is 11.4 Å². The zero-order valence-electron chi connectivity index (χ0n) is 14.1. The molecule has 0 aliphatic carbocycles. The molecule has 2 heterocycles. The van der Waals surface area contributed by atoms with Gasteiger partial charge in [-0.3, -0.25) is 4.79 Å². The SMILES string of the molecule is Cc1nnc(-c2ccc(CC3CC(=O)N(c4ccccc4)C3)cc2)o1. The second kappa shape index (κ2) is 6.51. The molecule has 0 radical (unpaired) electrons. The maximum Gasteiger partial charge on any atom is 0.247 e. The molecule has 4 rings (SSSR count). The molecule has 3 aromatic rings. The lowest BCUT2D eigenvalue weighted by Gasteiger charge is -2.16. The van der Waals surface area contributed by atoms with E-state index < -0.39 is 0 Å². The predicted octanol–water partition coefficient (Wildman–Crippen LogP) is 3.64. The van der Waals surface area contributed by atoms with Crippen molar-refractivity contribution in [2.24, 2.45) is 5.92 Å². The van der Waals surface area contributed by atoms with Gasteiger partial charge in [-0.1, -0.05) is 30.3 Å². The molecule has 1 aliphatic heterocycles. The van der Waals surface area contributed by atoms with Crippen molar-refractivity contribution >= 4 is 11.6 Å². The second-order valence-electron chi connectivity index (χ2n) is 6.44. The maximum atomic E-state index is 12.3. The standard InChI is InChI=1S/C20H19N3O2/c1-14-21-22-20(25-14)17-9-7-15(8-10-17)11-16-12-19(24)23(13-16)18-5-3-2-4-6-18/h2-10,16H,11-13H2,1H3. The smallest absolute Gasteiger partial charge is 0.247 e. The van der Waals surface area contributed by atoms with Gasteiger partial charge in [-0.25, -0.2) is 0 Å². The van der Waals surface area contributed by atoms with Crippen LogP contribution in [0.1, 0.15) is 17.9 Å². The van der Waals surface area contributed by atoms with Gasteiger partial charge in [0.15, 0.2) is 0 Å². The number of amides is 1. The molecule has 5 nitrogen and oxygen atoms in total. The van der Waals surface area contributed by atoms with E-state index in [1.54, 1.807) is 6.92 Å². The maximum absolute atomic E-state index is 12.3. The fourth-order valence-corrected chi connectivity index (χ4v) is 3.31. The lowest BCUT2D eigenvalue weighted by molar-refractivity contribution is -0.117. The van der Waals surface area contributed by atoms with E-state index in [1.807, 2.05) is 47.4 Å². The summed E-state index contributed by atoms with van der Waals surface area (Å²) in [6, 6.07) is 18.0. The van der Waals surface area contributed by atoms with E-state index in [4.69, 9.17) is 4.42 Å². The third-order valence-corrected chi connectivity index (χ3v) is 4.52. The Bertz CT molecular complexity index is 871. The van der Waals surface area contributed by atoms with Crippen LogP contribution < -0.4 is 4.90 Å². The molecule has 0 saturated carbocycles. The minimum absolute atomic E-state index is 0.203. The van der Waals surface area contributed by atoms with Gasteiger partial charge in [0.2, 0.25) is 17.7 Å². The summed E-state index contributed by atoms with van der Waals surface area (Å²) < 4.78 is 5.45. The van der Waals surface area contributed by atoms with Gasteiger partial charge in [-0.2, -0.15) is 0 Å². The summed E-state index contributed by atoms with van der Waals surface area (Å²) in [5.74, 6) is 1.64.